The Hall–Kier alpha value is -0.980. The topological polar surface area (TPSA) is 83.8 Å². The number of aliphatic hydroxyl groups excluding tert-OH is 1. The third-order valence-corrected chi connectivity index (χ3v) is 1.62. The van der Waals surface area contributed by atoms with Crippen molar-refractivity contribution < 1.29 is 24.5 Å². The first-order chi connectivity index (χ1) is 7.59. The van der Waals surface area contributed by atoms with E-state index in [1.807, 2.05) is 6.07 Å². The molecule has 1 aromatic carbocycles. The van der Waals surface area contributed by atoms with Gasteiger partial charge in [0.05, 0.1) is 0 Å². The Bertz CT molecular complexity index is 400. The van der Waals surface area contributed by atoms with Gasteiger partial charge in [0, 0.05) is 6.08 Å². The van der Waals surface area contributed by atoms with Crippen LogP contribution >= 0.6 is 0 Å². The molecule has 0 atom stereocenters. The molecule has 0 saturated heterocycles. The van der Waals surface area contributed by atoms with E-state index in [2.05, 4.69) is 4.74 Å². The van der Waals surface area contributed by atoms with E-state index in [4.69, 9.17) is 10.2 Å². The molecule has 2 N–H and O–H groups in total. The molecule has 5 nitrogen and oxygen atoms in total. The zero-order valence-corrected chi connectivity index (χ0v) is 8.24. The monoisotopic (exact) mass is 246 g/mol. The second-order valence-corrected chi connectivity index (χ2v) is 2.86. The van der Waals surface area contributed by atoms with E-state index in [1.165, 1.54) is 6.08 Å². The van der Waals surface area contributed by atoms with Gasteiger partial charge in [0.15, 0.2) is 0 Å². The van der Waals surface area contributed by atoms with Crippen molar-refractivity contribution in [3.05, 3.63) is 42.0 Å². The standard InChI is InChI=1S/C11H10O5.Na.H/c12-9(16-11(15)10(13)14)7-6-8-4-2-1-3-5-8;;/h1-7,10,13-14H;;/b7-6+;;. The fraction of sp³-hybridized carbons (Fsp3) is 0.0909. The summed E-state index contributed by atoms with van der Waals surface area (Å²) >= 11 is 0. The number of rotatable bonds is 3. The molecule has 0 aromatic heterocycles. The molecule has 1 rings (SSSR count). The number of hydrogen-bond donors (Lipinski definition) is 2. The van der Waals surface area contributed by atoms with Gasteiger partial charge < -0.3 is 14.9 Å². The molecule has 0 radical (unpaired) electrons. The normalized spacial score (nSPS) is 10.1. The summed E-state index contributed by atoms with van der Waals surface area (Å²) in [7, 11) is 0. The van der Waals surface area contributed by atoms with Crippen LogP contribution in [0.1, 0.15) is 5.56 Å². The molecule has 0 amide bonds. The summed E-state index contributed by atoms with van der Waals surface area (Å²) in [5, 5.41) is 16.7. The number of ether oxygens (including phenoxy) is 1. The number of hydrogen-bond acceptors (Lipinski definition) is 5. The summed E-state index contributed by atoms with van der Waals surface area (Å²) in [6.45, 7) is 0. The van der Waals surface area contributed by atoms with Crippen molar-refractivity contribution >= 4 is 47.6 Å². The van der Waals surface area contributed by atoms with Crippen molar-refractivity contribution in [2.24, 2.45) is 0 Å². The summed E-state index contributed by atoms with van der Waals surface area (Å²) in [6, 6.07) is 8.90. The summed E-state index contributed by atoms with van der Waals surface area (Å²) in [5.41, 5.74) is 0.761. The van der Waals surface area contributed by atoms with Crippen molar-refractivity contribution in [1.82, 2.24) is 0 Å². The molecular weight excluding hydrogens is 235 g/mol. The Morgan fingerprint density at radius 2 is 1.76 bits per heavy atom. The zero-order valence-electron chi connectivity index (χ0n) is 8.24. The van der Waals surface area contributed by atoms with Crippen LogP contribution in [0.4, 0.5) is 0 Å². The van der Waals surface area contributed by atoms with Crippen LogP contribution in [0, 0.1) is 0 Å². The number of carbonyl (C=O) groups is 2. The average molecular weight is 246 g/mol. The molecule has 0 aliphatic carbocycles. The molecule has 0 bridgehead atoms. The van der Waals surface area contributed by atoms with Crippen LogP contribution in [0.3, 0.4) is 0 Å². The quantitative estimate of drug-likeness (QED) is 0.245. The van der Waals surface area contributed by atoms with Gasteiger partial charge in [-0.1, -0.05) is 30.3 Å². The summed E-state index contributed by atoms with van der Waals surface area (Å²) < 4.78 is 4.07. The van der Waals surface area contributed by atoms with Crippen molar-refractivity contribution in [1.29, 1.82) is 0 Å². The van der Waals surface area contributed by atoms with Crippen LogP contribution in [0.25, 0.3) is 6.08 Å². The van der Waals surface area contributed by atoms with Gasteiger partial charge in [-0.25, -0.2) is 9.59 Å². The van der Waals surface area contributed by atoms with E-state index in [-0.39, 0.29) is 29.6 Å². The third kappa shape index (κ3) is 6.35. The number of benzene rings is 1. The van der Waals surface area contributed by atoms with Crippen LogP contribution in [-0.2, 0) is 14.3 Å². The molecule has 86 valence electrons. The average Bonchev–Trinajstić information content (AvgIpc) is 2.27. The SMILES string of the molecule is O=C(/C=C/c1ccccc1)OC(=O)C(O)O.[NaH]. The van der Waals surface area contributed by atoms with Gasteiger partial charge in [-0.15, -0.1) is 0 Å². The molecule has 0 aliphatic heterocycles. The van der Waals surface area contributed by atoms with Gasteiger partial charge in [-0.05, 0) is 11.6 Å². The van der Waals surface area contributed by atoms with E-state index in [1.54, 1.807) is 24.3 Å². The van der Waals surface area contributed by atoms with Crippen molar-refractivity contribution in [3.8, 4) is 0 Å². The van der Waals surface area contributed by atoms with E-state index in [9.17, 15) is 9.59 Å². The Morgan fingerprint density at radius 3 is 2.29 bits per heavy atom. The predicted octanol–water partition coefficient (Wildman–Crippen LogP) is -0.568. The molecule has 0 aliphatic rings. The number of esters is 2. The van der Waals surface area contributed by atoms with Crippen LogP contribution in [0.5, 0.6) is 0 Å². The van der Waals surface area contributed by atoms with E-state index >= 15 is 0 Å². The molecule has 0 fully saturated rings. The Kier molecular flexibility index (Phi) is 7.69. The molecule has 1 aromatic rings. The Morgan fingerprint density at radius 1 is 1.18 bits per heavy atom. The van der Waals surface area contributed by atoms with Crippen LogP contribution < -0.4 is 0 Å². The fourth-order valence-corrected chi connectivity index (χ4v) is 0.914. The van der Waals surface area contributed by atoms with Crippen LogP contribution in [0.2, 0.25) is 0 Å². The summed E-state index contributed by atoms with van der Waals surface area (Å²) in [5.74, 6) is -2.36. The number of carbonyl (C=O) groups excluding carboxylic acids is 2. The second-order valence-electron chi connectivity index (χ2n) is 2.86. The predicted molar refractivity (Wildman–Crippen MR) is 61.9 cm³/mol. The van der Waals surface area contributed by atoms with E-state index in [0.717, 1.165) is 11.6 Å². The Labute approximate surface area is 120 Å². The Balaban J connectivity index is 0.00000256. The summed E-state index contributed by atoms with van der Waals surface area (Å²) in [4.78, 5) is 21.6. The molecular formula is C11H11NaO5. The van der Waals surface area contributed by atoms with E-state index in [0.29, 0.717) is 0 Å². The van der Waals surface area contributed by atoms with Gasteiger partial charge in [0.1, 0.15) is 0 Å². The molecule has 0 spiro atoms. The maximum absolute atomic E-state index is 11.0. The first kappa shape index (κ1) is 16.0. The van der Waals surface area contributed by atoms with Gasteiger partial charge in [-0.2, -0.15) is 0 Å². The molecule has 0 unspecified atom stereocenters. The van der Waals surface area contributed by atoms with Crippen molar-refractivity contribution in [2.45, 2.75) is 6.29 Å². The van der Waals surface area contributed by atoms with Crippen LogP contribution in [0.15, 0.2) is 36.4 Å². The molecule has 0 saturated carbocycles. The van der Waals surface area contributed by atoms with Gasteiger partial charge >= 0.3 is 41.5 Å². The summed E-state index contributed by atoms with van der Waals surface area (Å²) in [6.07, 6.45) is 0.170. The first-order valence-electron chi connectivity index (χ1n) is 4.44. The zero-order chi connectivity index (χ0) is 12.0. The molecule has 17 heavy (non-hydrogen) atoms. The fourth-order valence-electron chi connectivity index (χ4n) is 0.914. The van der Waals surface area contributed by atoms with E-state index < -0.39 is 18.2 Å². The van der Waals surface area contributed by atoms with Crippen LogP contribution in [-0.4, -0.2) is 58.0 Å². The first-order valence-corrected chi connectivity index (χ1v) is 4.44. The molecule has 0 heterocycles. The second kappa shape index (κ2) is 8.16. The van der Waals surface area contributed by atoms with Gasteiger partial charge in [0.25, 0.3) is 6.29 Å². The maximum atomic E-state index is 11.0. The van der Waals surface area contributed by atoms with Crippen molar-refractivity contribution in [3.63, 3.8) is 0 Å². The third-order valence-electron chi connectivity index (χ3n) is 1.62. The van der Waals surface area contributed by atoms with Gasteiger partial charge in [0.2, 0.25) is 0 Å². The van der Waals surface area contributed by atoms with Gasteiger partial charge in [-0.3, -0.25) is 0 Å². The number of aliphatic hydroxyl groups is 2. The molecule has 6 heteroatoms. The minimum absolute atomic E-state index is 0. The minimum atomic E-state index is -2.30. The van der Waals surface area contributed by atoms with Crippen molar-refractivity contribution in [2.75, 3.05) is 0 Å².